The highest BCUT2D eigenvalue weighted by atomic mass is 16.2. The Bertz CT molecular complexity index is 573. The summed E-state index contributed by atoms with van der Waals surface area (Å²) in [7, 11) is 2.03. The average Bonchev–Trinajstić information content (AvgIpc) is 3.00. The van der Waals surface area contributed by atoms with E-state index in [-0.39, 0.29) is 11.9 Å². The third kappa shape index (κ3) is 2.88. The first-order valence-corrected chi connectivity index (χ1v) is 7.65. The lowest BCUT2D eigenvalue weighted by Gasteiger charge is -2.37. The van der Waals surface area contributed by atoms with Gasteiger partial charge >= 0.3 is 0 Å². The van der Waals surface area contributed by atoms with Crippen molar-refractivity contribution in [3.05, 3.63) is 18.1 Å². The Morgan fingerprint density at radius 3 is 2.55 bits per heavy atom. The highest BCUT2D eigenvalue weighted by Crippen LogP contribution is 2.19. The second kappa shape index (κ2) is 6.28. The van der Waals surface area contributed by atoms with Crippen LogP contribution in [0.4, 0.5) is 5.82 Å². The SMILES string of the molecule is CN1CCCC1C(=O)N1CCN(c2cnc(C#N)cn2)CC1. The topological polar surface area (TPSA) is 76.4 Å². The molecular weight excluding hydrogens is 280 g/mol. The molecule has 1 aromatic rings. The van der Waals surface area contributed by atoms with E-state index in [9.17, 15) is 4.79 Å². The number of nitriles is 1. The number of amides is 1. The van der Waals surface area contributed by atoms with Crippen LogP contribution in [0.15, 0.2) is 12.4 Å². The molecule has 1 amide bonds. The van der Waals surface area contributed by atoms with E-state index in [1.165, 1.54) is 6.20 Å². The summed E-state index contributed by atoms with van der Waals surface area (Å²) in [6, 6.07) is 2.02. The summed E-state index contributed by atoms with van der Waals surface area (Å²) in [5, 5.41) is 8.75. The highest BCUT2D eigenvalue weighted by molar-refractivity contribution is 5.82. The average molecular weight is 300 g/mol. The van der Waals surface area contributed by atoms with Crippen LogP contribution in [0.5, 0.6) is 0 Å². The molecule has 0 aromatic carbocycles. The maximum Gasteiger partial charge on any atom is 0.240 e. The summed E-state index contributed by atoms with van der Waals surface area (Å²) in [5.74, 6) is 1.02. The van der Waals surface area contributed by atoms with E-state index in [1.807, 2.05) is 18.0 Å². The first-order chi connectivity index (χ1) is 10.7. The molecule has 7 nitrogen and oxygen atoms in total. The van der Waals surface area contributed by atoms with Crippen LogP contribution in [-0.2, 0) is 4.79 Å². The number of carbonyl (C=O) groups excluding carboxylic acids is 1. The van der Waals surface area contributed by atoms with Crippen molar-refractivity contribution in [2.24, 2.45) is 0 Å². The Morgan fingerprint density at radius 1 is 1.23 bits per heavy atom. The fourth-order valence-electron chi connectivity index (χ4n) is 3.13. The van der Waals surface area contributed by atoms with Gasteiger partial charge in [0.25, 0.3) is 0 Å². The van der Waals surface area contributed by atoms with Gasteiger partial charge in [0.05, 0.1) is 18.4 Å². The Kier molecular flexibility index (Phi) is 4.20. The molecule has 1 atom stereocenters. The molecule has 0 N–H and O–H groups in total. The summed E-state index contributed by atoms with van der Waals surface area (Å²) in [4.78, 5) is 27.1. The normalized spacial score (nSPS) is 22.6. The smallest absolute Gasteiger partial charge is 0.240 e. The lowest BCUT2D eigenvalue weighted by Crippen LogP contribution is -2.53. The zero-order chi connectivity index (χ0) is 15.5. The summed E-state index contributed by atoms with van der Waals surface area (Å²) in [6.45, 7) is 3.94. The van der Waals surface area contributed by atoms with Crippen molar-refractivity contribution in [1.82, 2.24) is 19.8 Å². The largest absolute Gasteiger partial charge is 0.352 e. The predicted octanol–water partition coefficient (Wildman–Crippen LogP) is 0.0911. The number of hydrogen-bond donors (Lipinski definition) is 0. The number of rotatable bonds is 2. The fourth-order valence-corrected chi connectivity index (χ4v) is 3.13. The van der Waals surface area contributed by atoms with E-state index in [2.05, 4.69) is 19.8 Å². The number of piperazine rings is 1. The van der Waals surface area contributed by atoms with Crippen molar-refractivity contribution in [1.29, 1.82) is 5.26 Å². The summed E-state index contributed by atoms with van der Waals surface area (Å²) < 4.78 is 0. The molecule has 3 rings (SSSR count). The van der Waals surface area contributed by atoms with Gasteiger partial charge in [-0.1, -0.05) is 0 Å². The first kappa shape index (κ1) is 14.7. The van der Waals surface area contributed by atoms with Crippen LogP contribution in [0.25, 0.3) is 0 Å². The van der Waals surface area contributed by atoms with E-state index < -0.39 is 0 Å². The van der Waals surface area contributed by atoms with Gasteiger partial charge in [-0.3, -0.25) is 9.69 Å². The predicted molar refractivity (Wildman–Crippen MR) is 81.2 cm³/mol. The van der Waals surface area contributed by atoms with Crippen LogP contribution < -0.4 is 4.90 Å². The van der Waals surface area contributed by atoms with Gasteiger partial charge in [-0.15, -0.1) is 0 Å². The maximum atomic E-state index is 12.5. The van der Waals surface area contributed by atoms with Crippen molar-refractivity contribution < 1.29 is 4.79 Å². The number of nitrogens with zero attached hydrogens (tertiary/aromatic N) is 6. The molecule has 1 unspecified atom stereocenters. The lowest BCUT2D eigenvalue weighted by molar-refractivity contribution is -0.135. The molecule has 2 saturated heterocycles. The monoisotopic (exact) mass is 300 g/mol. The Morgan fingerprint density at radius 2 is 2.00 bits per heavy atom. The number of anilines is 1. The molecule has 22 heavy (non-hydrogen) atoms. The summed E-state index contributed by atoms with van der Waals surface area (Å²) in [5.41, 5.74) is 0.321. The van der Waals surface area contributed by atoms with Gasteiger partial charge in [0.2, 0.25) is 5.91 Å². The number of hydrogen-bond acceptors (Lipinski definition) is 6. The van der Waals surface area contributed by atoms with Crippen LogP contribution in [0, 0.1) is 11.3 Å². The van der Waals surface area contributed by atoms with Gasteiger partial charge in [-0.25, -0.2) is 9.97 Å². The Labute approximate surface area is 130 Å². The minimum absolute atomic E-state index is 0.0567. The van der Waals surface area contributed by atoms with Crippen LogP contribution >= 0.6 is 0 Å². The molecule has 2 fully saturated rings. The summed E-state index contributed by atoms with van der Waals surface area (Å²) in [6.07, 6.45) is 5.19. The molecule has 2 aliphatic heterocycles. The van der Waals surface area contributed by atoms with Crippen LogP contribution in [0.1, 0.15) is 18.5 Å². The van der Waals surface area contributed by atoms with E-state index >= 15 is 0 Å². The van der Waals surface area contributed by atoms with Gasteiger partial charge < -0.3 is 9.80 Å². The van der Waals surface area contributed by atoms with E-state index in [0.29, 0.717) is 18.8 Å². The summed E-state index contributed by atoms with van der Waals surface area (Å²) >= 11 is 0. The highest BCUT2D eigenvalue weighted by Gasteiger charge is 2.32. The minimum atomic E-state index is 0.0567. The number of carbonyl (C=O) groups is 1. The first-order valence-electron chi connectivity index (χ1n) is 7.65. The molecule has 3 heterocycles. The third-order valence-electron chi connectivity index (χ3n) is 4.47. The number of likely N-dealkylation sites (N-methyl/N-ethyl adjacent to an activating group) is 1. The standard InChI is InChI=1S/C15H20N6O/c1-19-4-2-3-13(19)15(22)21-7-5-20(6-8-21)14-11-17-12(9-16)10-18-14/h10-11,13H,2-8H2,1H3. The van der Waals surface area contributed by atoms with E-state index in [4.69, 9.17) is 5.26 Å². The molecule has 0 saturated carbocycles. The number of aromatic nitrogens is 2. The van der Waals surface area contributed by atoms with Crippen molar-refractivity contribution in [3.63, 3.8) is 0 Å². The fraction of sp³-hybridized carbons (Fsp3) is 0.600. The molecular formula is C15H20N6O. The lowest BCUT2D eigenvalue weighted by atomic mass is 10.1. The molecule has 0 radical (unpaired) electrons. The van der Waals surface area contributed by atoms with Gasteiger partial charge in [0.15, 0.2) is 5.69 Å². The van der Waals surface area contributed by atoms with Crippen molar-refractivity contribution in [2.45, 2.75) is 18.9 Å². The van der Waals surface area contributed by atoms with Gasteiger partial charge in [-0.05, 0) is 26.4 Å². The van der Waals surface area contributed by atoms with E-state index in [1.54, 1.807) is 6.20 Å². The quantitative estimate of drug-likeness (QED) is 0.770. The van der Waals surface area contributed by atoms with Crippen molar-refractivity contribution in [2.75, 3.05) is 44.7 Å². The number of likely N-dealkylation sites (tertiary alicyclic amines) is 1. The molecule has 1 aromatic heterocycles. The Hall–Kier alpha value is -2.20. The third-order valence-corrected chi connectivity index (χ3v) is 4.47. The van der Waals surface area contributed by atoms with E-state index in [0.717, 1.165) is 38.3 Å². The van der Waals surface area contributed by atoms with Gasteiger partial charge in [-0.2, -0.15) is 5.26 Å². The van der Waals surface area contributed by atoms with Gasteiger partial charge in [0, 0.05) is 26.2 Å². The van der Waals surface area contributed by atoms with Crippen molar-refractivity contribution in [3.8, 4) is 6.07 Å². The maximum absolute atomic E-state index is 12.5. The Balaban J connectivity index is 1.58. The van der Waals surface area contributed by atoms with Gasteiger partial charge in [0.1, 0.15) is 11.9 Å². The van der Waals surface area contributed by atoms with Crippen LogP contribution in [0.3, 0.4) is 0 Å². The molecule has 0 bridgehead atoms. The molecule has 2 aliphatic rings. The van der Waals surface area contributed by atoms with Crippen LogP contribution in [-0.4, -0.2) is 71.5 Å². The minimum Gasteiger partial charge on any atom is -0.352 e. The van der Waals surface area contributed by atoms with Crippen LogP contribution in [0.2, 0.25) is 0 Å². The molecule has 0 aliphatic carbocycles. The zero-order valence-corrected chi connectivity index (χ0v) is 12.8. The molecule has 7 heteroatoms. The van der Waals surface area contributed by atoms with Crippen molar-refractivity contribution >= 4 is 11.7 Å². The second-order valence-corrected chi connectivity index (χ2v) is 5.82. The second-order valence-electron chi connectivity index (χ2n) is 5.82. The molecule has 0 spiro atoms. The zero-order valence-electron chi connectivity index (χ0n) is 12.8. The molecule has 116 valence electrons.